The lowest BCUT2D eigenvalue weighted by molar-refractivity contribution is -0.384. The second-order valence-electron chi connectivity index (χ2n) is 7.88. The molecule has 1 aliphatic carbocycles. The molecule has 0 fully saturated rings. The number of nitro benzene ring substituents is 1. The number of hydrogen-bond acceptors (Lipinski definition) is 8. The number of ether oxygens (including phenoxy) is 1. The van der Waals surface area contributed by atoms with Crippen molar-refractivity contribution in [2.45, 2.75) is 32.6 Å². The summed E-state index contributed by atoms with van der Waals surface area (Å²) < 4.78 is 10.9. The number of benzene rings is 1. The molecule has 0 aliphatic heterocycles. The summed E-state index contributed by atoms with van der Waals surface area (Å²) in [6.07, 6.45) is 4.77. The normalized spacial score (nSPS) is 13.0. The van der Waals surface area contributed by atoms with E-state index in [1.165, 1.54) is 35.6 Å². The van der Waals surface area contributed by atoms with Crippen molar-refractivity contribution < 1.29 is 23.7 Å². The number of fused-ring (bicyclic) bond motifs is 1. The van der Waals surface area contributed by atoms with Gasteiger partial charge in [0.1, 0.15) is 33.2 Å². The smallest absolute Gasteiger partial charge is 0.341 e. The first kappa shape index (κ1) is 25.2. The molecule has 0 radical (unpaired) electrons. The molecule has 0 saturated heterocycles. The van der Waals surface area contributed by atoms with Crippen molar-refractivity contribution >= 4 is 51.6 Å². The topological polar surface area (TPSA) is 135 Å². The minimum atomic E-state index is -0.693. The zero-order chi connectivity index (χ0) is 25.8. The molecule has 36 heavy (non-hydrogen) atoms. The summed E-state index contributed by atoms with van der Waals surface area (Å²) in [5, 5.41) is 23.8. The molecule has 0 bridgehead atoms. The van der Waals surface area contributed by atoms with Crippen LogP contribution < -0.4 is 5.32 Å². The standard InChI is InChI=1S/C25H20ClN3O6S/c1-2-34-25(31)22-17-5-3-4-6-21(17)36-24(22)28-23(30)15(13-27)11-16-8-10-20(35-16)14-7-9-18(26)19(12-14)29(32)33/h7-12H,2-6H2,1H3,(H,28,30). The van der Waals surface area contributed by atoms with Crippen LogP contribution in [0.15, 0.2) is 40.3 Å². The molecule has 11 heteroatoms. The van der Waals surface area contributed by atoms with Gasteiger partial charge in [-0.15, -0.1) is 11.3 Å². The Labute approximate surface area is 215 Å². The Bertz CT molecular complexity index is 1430. The van der Waals surface area contributed by atoms with Crippen molar-refractivity contribution in [3.8, 4) is 17.4 Å². The van der Waals surface area contributed by atoms with Gasteiger partial charge in [0.2, 0.25) is 0 Å². The number of aryl methyl sites for hydroxylation is 1. The molecule has 4 rings (SSSR count). The second kappa shape index (κ2) is 10.8. The van der Waals surface area contributed by atoms with Crippen molar-refractivity contribution in [2.24, 2.45) is 0 Å². The number of nitriles is 1. The Morgan fingerprint density at radius 1 is 1.31 bits per heavy atom. The summed E-state index contributed by atoms with van der Waals surface area (Å²) in [6.45, 7) is 1.92. The summed E-state index contributed by atoms with van der Waals surface area (Å²) in [5.74, 6) is -0.691. The van der Waals surface area contributed by atoms with E-state index in [0.717, 1.165) is 36.1 Å². The van der Waals surface area contributed by atoms with Crippen LogP contribution in [0.5, 0.6) is 0 Å². The predicted molar refractivity (Wildman–Crippen MR) is 135 cm³/mol. The minimum Gasteiger partial charge on any atom is -0.462 e. The van der Waals surface area contributed by atoms with Gasteiger partial charge in [-0.3, -0.25) is 14.9 Å². The van der Waals surface area contributed by atoms with Crippen LogP contribution in [0.25, 0.3) is 17.4 Å². The third-order valence-corrected chi connectivity index (χ3v) is 7.11. The lowest BCUT2D eigenvalue weighted by Gasteiger charge is -2.12. The van der Waals surface area contributed by atoms with Crippen LogP contribution >= 0.6 is 22.9 Å². The number of halogens is 1. The summed E-state index contributed by atoms with van der Waals surface area (Å²) in [5.41, 5.74) is 1.16. The van der Waals surface area contributed by atoms with Gasteiger partial charge in [-0.1, -0.05) is 11.6 Å². The minimum absolute atomic E-state index is 0.00342. The number of nitrogens with zero attached hydrogens (tertiary/aromatic N) is 2. The molecule has 1 aliphatic rings. The van der Waals surface area contributed by atoms with Crippen LogP contribution in [0.2, 0.25) is 5.02 Å². The van der Waals surface area contributed by atoms with Gasteiger partial charge in [-0.05, 0) is 62.4 Å². The Kier molecular flexibility index (Phi) is 7.52. The Balaban J connectivity index is 1.60. The fourth-order valence-corrected chi connectivity index (χ4v) is 5.38. The second-order valence-corrected chi connectivity index (χ2v) is 9.40. The van der Waals surface area contributed by atoms with Crippen LogP contribution in [0.4, 0.5) is 10.7 Å². The zero-order valence-electron chi connectivity index (χ0n) is 19.1. The highest BCUT2D eigenvalue weighted by molar-refractivity contribution is 7.17. The Hall–Kier alpha value is -3.94. The van der Waals surface area contributed by atoms with E-state index >= 15 is 0 Å². The molecule has 3 aromatic rings. The van der Waals surface area contributed by atoms with Crippen molar-refractivity contribution in [3.05, 3.63) is 72.8 Å². The number of thiophene rings is 1. The summed E-state index contributed by atoms with van der Waals surface area (Å²) in [4.78, 5) is 37.2. The molecule has 9 nitrogen and oxygen atoms in total. The fourth-order valence-electron chi connectivity index (χ4n) is 3.93. The van der Waals surface area contributed by atoms with Gasteiger partial charge in [0.15, 0.2) is 0 Å². The van der Waals surface area contributed by atoms with Crippen LogP contribution in [0.1, 0.15) is 46.3 Å². The predicted octanol–water partition coefficient (Wildman–Crippen LogP) is 6.17. The molecule has 0 atom stereocenters. The molecule has 1 aromatic carbocycles. The number of rotatable bonds is 7. The first-order valence-corrected chi connectivity index (χ1v) is 12.3. The van der Waals surface area contributed by atoms with Crippen molar-refractivity contribution in [2.75, 3.05) is 11.9 Å². The number of anilines is 1. The third kappa shape index (κ3) is 5.17. The molecule has 2 aromatic heterocycles. The molecular formula is C25H20ClN3O6S. The maximum atomic E-state index is 12.9. The van der Waals surface area contributed by atoms with Gasteiger partial charge >= 0.3 is 5.97 Å². The Morgan fingerprint density at radius 2 is 2.08 bits per heavy atom. The molecule has 1 N–H and O–H groups in total. The number of carbonyl (C=O) groups excluding carboxylic acids is 2. The van der Waals surface area contributed by atoms with Crippen LogP contribution in [0, 0.1) is 21.4 Å². The van der Waals surface area contributed by atoms with Crippen molar-refractivity contribution in [1.29, 1.82) is 5.26 Å². The summed E-state index contributed by atoms with van der Waals surface area (Å²) in [7, 11) is 0. The van der Waals surface area contributed by atoms with Gasteiger partial charge in [0, 0.05) is 22.6 Å². The lowest BCUT2D eigenvalue weighted by atomic mass is 9.95. The monoisotopic (exact) mass is 525 g/mol. The van der Waals surface area contributed by atoms with Crippen LogP contribution in [-0.2, 0) is 22.4 Å². The first-order valence-electron chi connectivity index (χ1n) is 11.1. The van der Waals surface area contributed by atoms with Crippen molar-refractivity contribution in [3.63, 3.8) is 0 Å². The fraction of sp³-hybridized carbons (Fsp3) is 0.240. The van der Waals surface area contributed by atoms with Crippen molar-refractivity contribution in [1.82, 2.24) is 0 Å². The number of amides is 1. The van der Waals surface area contributed by atoms with Gasteiger partial charge in [0.25, 0.3) is 11.6 Å². The number of nitrogens with one attached hydrogen (secondary N) is 1. The number of esters is 1. The average Bonchev–Trinajstić information content (AvgIpc) is 3.47. The van der Waals surface area contributed by atoms with E-state index in [4.69, 9.17) is 20.8 Å². The van der Waals surface area contributed by atoms with Crippen LogP contribution in [-0.4, -0.2) is 23.4 Å². The third-order valence-electron chi connectivity index (χ3n) is 5.58. The number of nitro groups is 1. The molecule has 184 valence electrons. The molecular weight excluding hydrogens is 506 g/mol. The zero-order valence-corrected chi connectivity index (χ0v) is 20.7. The first-order chi connectivity index (χ1) is 17.3. The highest BCUT2D eigenvalue weighted by Crippen LogP contribution is 2.39. The number of hydrogen-bond donors (Lipinski definition) is 1. The van der Waals surface area contributed by atoms with E-state index < -0.39 is 16.8 Å². The van der Waals surface area contributed by atoms with E-state index in [1.54, 1.807) is 19.1 Å². The largest absolute Gasteiger partial charge is 0.462 e. The quantitative estimate of drug-likeness (QED) is 0.128. The highest BCUT2D eigenvalue weighted by atomic mass is 35.5. The van der Waals surface area contributed by atoms with E-state index in [-0.39, 0.29) is 28.7 Å². The van der Waals surface area contributed by atoms with E-state index in [2.05, 4.69) is 5.32 Å². The molecule has 0 unspecified atom stereocenters. The van der Waals surface area contributed by atoms with E-state index in [9.17, 15) is 25.0 Å². The van der Waals surface area contributed by atoms with Crippen LogP contribution in [0.3, 0.4) is 0 Å². The van der Waals surface area contributed by atoms with Gasteiger partial charge in [-0.25, -0.2) is 4.79 Å². The molecule has 0 saturated carbocycles. The molecule has 0 spiro atoms. The summed E-state index contributed by atoms with van der Waals surface area (Å²) in [6, 6.07) is 9.20. The maximum Gasteiger partial charge on any atom is 0.341 e. The molecule has 2 heterocycles. The van der Waals surface area contributed by atoms with E-state index in [1.807, 2.05) is 6.07 Å². The number of furan rings is 1. The van der Waals surface area contributed by atoms with Gasteiger partial charge < -0.3 is 14.5 Å². The maximum absolute atomic E-state index is 12.9. The SMILES string of the molecule is CCOC(=O)c1c(NC(=O)C(C#N)=Cc2ccc(-c3ccc(Cl)c([N+](=O)[O-])c3)o2)sc2c1CCCC2. The Morgan fingerprint density at radius 3 is 2.81 bits per heavy atom. The van der Waals surface area contributed by atoms with Gasteiger partial charge in [0.05, 0.1) is 17.1 Å². The number of carbonyl (C=O) groups is 2. The summed E-state index contributed by atoms with van der Waals surface area (Å²) >= 11 is 7.19. The van der Waals surface area contributed by atoms with E-state index in [0.29, 0.717) is 21.9 Å². The lowest BCUT2D eigenvalue weighted by Crippen LogP contribution is -2.16. The van der Waals surface area contributed by atoms with Gasteiger partial charge in [-0.2, -0.15) is 5.26 Å². The highest BCUT2D eigenvalue weighted by Gasteiger charge is 2.28. The molecule has 1 amide bonds. The average molecular weight is 526 g/mol.